The van der Waals surface area contributed by atoms with E-state index >= 15 is 0 Å². The third-order valence-electron chi connectivity index (χ3n) is 1.43. The maximum absolute atomic E-state index is 4.12. The Morgan fingerprint density at radius 1 is 1.75 bits per heavy atom. The van der Waals surface area contributed by atoms with Crippen LogP contribution in [0.15, 0.2) is 11.5 Å². The van der Waals surface area contributed by atoms with Crippen molar-refractivity contribution in [2.75, 3.05) is 11.1 Å². The van der Waals surface area contributed by atoms with Gasteiger partial charge in [0.25, 0.3) is 0 Å². The van der Waals surface area contributed by atoms with Gasteiger partial charge in [-0.15, -0.1) is 0 Å². The van der Waals surface area contributed by atoms with Crippen molar-refractivity contribution in [3.05, 3.63) is 6.33 Å². The maximum atomic E-state index is 4.12. The maximum Gasteiger partial charge on any atom is 0.185 e. The van der Waals surface area contributed by atoms with Crippen LogP contribution in [0.4, 0.5) is 0 Å². The Labute approximate surface area is 85.1 Å². The molecule has 0 aliphatic rings. The zero-order valence-electron chi connectivity index (χ0n) is 7.20. The van der Waals surface area contributed by atoms with Gasteiger partial charge < -0.3 is 0 Å². The van der Waals surface area contributed by atoms with Crippen molar-refractivity contribution in [1.29, 1.82) is 0 Å². The smallest absolute Gasteiger partial charge is 0.185 e. The lowest BCUT2D eigenvalue weighted by molar-refractivity contribution is 0.681. The summed E-state index contributed by atoms with van der Waals surface area (Å²) < 4.78 is 1.80. The Kier molecular flexibility index (Phi) is 4.08. The van der Waals surface area contributed by atoms with Crippen LogP contribution in [0.25, 0.3) is 0 Å². The molecule has 0 saturated heterocycles. The zero-order valence-corrected chi connectivity index (χ0v) is 9.60. The number of alkyl halides is 1. The molecule has 5 heteroatoms. The molecule has 0 bridgehead atoms. The second kappa shape index (κ2) is 4.87. The van der Waals surface area contributed by atoms with Crippen LogP contribution < -0.4 is 0 Å². The average Bonchev–Trinajstić information content (AvgIpc) is 2.47. The number of hydrogen-bond donors (Lipinski definition) is 0. The molecule has 0 radical (unpaired) electrons. The van der Waals surface area contributed by atoms with Crippen molar-refractivity contribution in [3.8, 4) is 0 Å². The lowest BCUT2D eigenvalue weighted by atomic mass is 10.3. The molecule has 12 heavy (non-hydrogen) atoms. The molecular formula is C7H12BrN3S. The third-order valence-corrected chi connectivity index (χ3v) is 3.90. The van der Waals surface area contributed by atoms with Gasteiger partial charge in [0.2, 0.25) is 0 Å². The van der Waals surface area contributed by atoms with E-state index in [0.29, 0.717) is 5.92 Å². The summed E-state index contributed by atoms with van der Waals surface area (Å²) in [7, 11) is 1.91. The number of halogens is 1. The molecule has 1 atom stereocenters. The van der Waals surface area contributed by atoms with Gasteiger partial charge in [-0.2, -0.15) is 5.10 Å². The summed E-state index contributed by atoms with van der Waals surface area (Å²) >= 11 is 5.19. The van der Waals surface area contributed by atoms with E-state index in [2.05, 4.69) is 32.9 Å². The average molecular weight is 250 g/mol. The monoisotopic (exact) mass is 249 g/mol. The van der Waals surface area contributed by atoms with Crippen molar-refractivity contribution in [2.45, 2.75) is 12.1 Å². The number of hydrogen-bond acceptors (Lipinski definition) is 3. The molecule has 0 spiro atoms. The van der Waals surface area contributed by atoms with Gasteiger partial charge >= 0.3 is 0 Å². The highest BCUT2D eigenvalue weighted by Crippen LogP contribution is 2.17. The summed E-state index contributed by atoms with van der Waals surface area (Å²) in [4.78, 5) is 4.12. The predicted molar refractivity (Wildman–Crippen MR) is 54.7 cm³/mol. The molecule has 3 nitrogen and oxygen atoms in total. The highest BCUT2D eigenvalue weighted by atomic mass is 79.9. The lowest BCUT2D eigenvalue weighted by Crippen LogP contribution is -2.01. The Balaban J connectivity index is 2.38. The Morgan fingerprint density at radius 3 is 3.00 bits per heavy atom. The van der Waals surface area contributed by atoms with E-state index in [0.717, 1.165) is 16.2 Å². The SMILES string of the molecule is CC(CBr)CSc1ncnn1C. The minimum Gasteiger partial charge on any atom is -0.244 e. The first-order chi connectivity index (χ1) is 5.74. The van der Waals surface area contributed by atoms with Crippen molar-refractivity contribution >= 4 is 27.7 Å². The summed E-state index contributed by atoms with van der Waals surface area (Å²) in [6, 6.07) is 0. The van der Waals surface area contributed by atoms with Crippen LogP contribution in [0.5, 0.6) is 0 Å². The molecule has 1 aromatic heterocycles. The molecule has 0 N–H and O–H groups in total. The molecule has 1 heterocycles. The van der Waals surface area contributed by atoms with Gasteiger partial charge in [-0.05, 0) is 5.92 Å². The molecule has 1 rings (SSSR count). The predicted octanol–water partition coefficient (Wildman–Crippen LogP) is 1.94. The zero-order chi connectivity index (χ0) is 8.97. The first-order valence-electron chi connectivity index (χ1n) is 3.76. The third kappa shape index (κ3) is 2.79. The van der Waals surface area contributed by atoms with E-state index in [4.69, 9.17) is 0 Å². The number of aryl methyl sites for hydroxylation is 1. The minimum atomic E-state index is 0.673. The van der Waals surface area contributed by atoms with Gasteiger partial charge in [0.1, 0.15) is 6.33 Å². The van der Waals surface area contributed by atoms with Crippen molar-refractivity contribution in [3.63, 3.8) is 0 Å². The van der Waals surface area contributed by atoms with Gasteiger partial charge in [-0.3, -0.25) is 0 Å². The number of aromatic nitrogens is 3. The van der Waals surface area contributed by atoms with Gasteiger partial charge in [0.05, 0.1) is 0 Å². The van der Waals surface area contributed by atoms with Crippen LogP contribution in [-0.4, -0.2) is 25.8 Å². The number of thioether (sulfide) groups is 1. The fraction of sp³-hybridized carbons (Fsp3) is 0.714. The fourth-order valence-electron chi connectivity index (χ4n) is 0.678. The van der Waals surface area contributed by atoms with Crippen LogP contribution in [0.2, 0.25) is 0 Å². The lowest BCUT2D eigenvalue weighted by Gasteiger charge is -2.05. The van der Waals surface area contributed by atoms with Gasteiger partial charge in [-0.1, -0.05) is 34.6 Å². The number of nitrogens with zero attached hydrogens (tertiary/aromatic N) is 3. The molecule has 0 saturated carbocycles. The van der Waals surface area contributed by atoms with Gasteiger partial charge in [-0.25, -0.2) is 9.67 Å². The standard InChI is InChI=1S/C7H12BrN3S/c1-6(3-8)4-12-7-9-5-10-11(7)2/h5-6H,3-4H2,1-2H3. The van der Waals surface area contributed by atoms with Crippen LogP contribution in [-0.2, 0) is 7.05 Å². The highest BCUT2D eigenvalue weighted by molar-refractivity contribution is 9.09. The summed E-state index contributed by atoms with van der Waals surface area (Å²) in [5.74, 6) is 1.75. The second-order valence-corrected chi connectivity index (χ2v) is 4.37. The van der Waals surface area contributed by atoms with Crippen LogP contribution in [0.3, 0.4) is 0 Å². The normalized spacial score (nSPS) is 13.2. The van der Waals surface area contributed by atoms with Crippen LogP contribution in [0, 0.1) is 5.92 Å². The highest BCUT2D eigenvalue weighted by Gasteiger charge is 2.04. The van der Waals surface area contributed by atoms with E-state index in [1.807, 2.05) is 7.05 Å². The quantitative estimate of drug-likeness (QED) is 0.604. The van der Waals surface area contributed by atoms with E-state index in [1.165, 1.54) is 0 Å². The molecule has 0 aromatic carbocycles. The molecule has 68 valence electrons. The van der Waals surface area contributed by atoms with Crippen molar-refractivity contribution < 1.29 is 0 Å². The summed E-state index contributed by atoms with van der Waals surface area (Å²) in [5.41, 5.74) is 0. The van der Waals surface area contributed by atoms with E-state index in [9.17, 15) is 0 Å². The minimum absolute atomic E-state index is 0.673. The van der Waals surface area contributed by atoms with Crippen molar-refractivity contribution in [1.82, 2.24) is 14.8 Å². The van der Waals surface area contributed by atoms with Crippen LogP contribution >= 0.6 is 27.7 Å². The Morgan fingerprint density at radius 2 is 2.50 bits per heavy atom. The summed E-state index contributed by atoms with van der Waals surface area (Å²) in [6.07, 6.45) is 1.58. The largest absolute Gasteiger partial charge is 0.244 e. The van der Waals surface area contributed by atoms with Gasteiger partial charge in [0, 0.05) is 18.1 Å². The first-order valence-corrected chi connectivity index (χ1v) is 5.87. The Hall–Kier alpha value is -0.0300. The first kappa shape index (κ1) is 10.1. The van der Waals surface area contributed by atoms with Crippen LogP contribution in [0.1, 0.15) is 6.92 Å². The molecule has 0 aliphatic heterocycles. The van der Waals surface area contributed by atoms with Crippen molar-refractivity contribution in [2.24, 2.45) is 13.0 Å². The Bertz CT molecular complexity index is 238. The van der Waals surface area contributed by atoms with Gasteiger partial charge in [0.15, 0.2) is 5.16 Å². The van der Waals surface area contributed by atoms with E-state index < -0.39 is 0 Å². The van der Waals surface area contributed by atoms with E-state index in [1.54, 1.807) is 22.8 Å². The second-order valence-electron chi connectivity index (χ2n) is 2.74. The summed E-state index contributed by atoms with van der Waals surface area (Å²) in [6.45, 7) is 2.21. The fourth-order valence-corrected chi connectivity index (χ4v) is 2.12. The van der Waals surface area contributed by atoms with E-state index in [-0.39, 0.29) is 0 Å². The molecule has 0 amide bonds. The molecule has 0 aliphatic carbocycles. The summed E-state index contributed by atoms with van der Waals surface area (Å²) in [5, 5.41) is 6.02. The molecule has 0 fully saturated rings. The number of rotatable bonds is 4. The molecular weight excluding hydrogens is 238 g/mol. The molecule has 1 unspecified atom stereocenters. The molecule has 1 aromatic rings. The topological polar surface area (TPSA) is 30.7 Å².